The third-order valence-corrected chi connectivity index (χ3v) is 7.83. The zero-order chi connectivity index (χ0) is 24.4. The highest BCUT2D eigenvalue weighted by Gasteiger charge is 2.51. The first-order chi connectivity index (χ1) is 16.3. The molecule has 11 heteroatoms. The van der Waals surface area contributed by atoms with E-state index in [0.29, 0.717) is 29.4 Å². The number of rotatable bonds is 7. The molecule has 2 fully saturated rings. The standard InChI is InChI=1S/C23H25Cl2N5O3S/c1-14(2)28-12-21-29(34-20-6-5-16(24)9-17(20)25)11-18(27-13-31)22(32)30(21)19(23(28)33)8-15-4-3-7-26-10-15/h3-7,9-10,13-14,18-19,21H,8,11-12H2,1-2H3,(H,27,31). The average molecular weight is 522 g/mol. The van der Waals surface area contributed by atoms with E-state index >= 15 is 0 Å². The number of hydrogen-bond acceptors (Lipinski definition) is 6. The molecule has 0 bridgehead atoms. The number of fused-ring (bicyclic) bond motifs is 1. The third kappa shape index (κ3) is 5.02. The number of piperazine rings is 1. The van der Waals surface area contributed by atoms with E-state index in [2.05, 4.69) is 10.3 Å². The first-order valence-electron chi connectivity index (χ1n) is 10.9. The molecule has 4 rings (SSSR count). The minimum Gasteiger partial charge on any atom is -0.346 e. The fraction of sp³-hybridized carbons (Fsp3) is 0.391. The minimum atomic E-state index is -0.790. The number of pyridine rings is 1. The van der Waals surface area contributed by atoms with E-state index in [0.717, 1.165) is 10.5 Å². The van der Waals surface area contributed by atoms with Crippen molar-refractivity contribution in [1.29, 1.82) is 0 Å². The van der Waals surface area contributed by atoms with Crippen LogP contribution in [0.5, 0.6) is 0 Å². The van der Waals surface area contributed by atoms with Crippen LogP contribution in [-0.2, 0) is 20.8 Å². The van der Waals surface area contributed by atoms with Crippen LogP contribution >= 0.6 is 35.1 Å². The van der Waals surface area contributed by atoms with Gasteiger partial charge in [0.1, 0.15) is 18.2 Å². The van der Waals surface area contributed by atoms with Gasteiger partial charge in [0.25, 0.3) is 0 Å². The highest BCUT2D eigenvalue weighted by molar-refractivity contribution is 7.97. The van der Waals surface area contributed by atoms with Crippen LogP contribution in [0, 0.1) is 0 Å². The molecule has 3 amide bonds. The highest BCUT2D eigenvalue weighted by Crippen LogP contribution is 2.38. The number of hydrogen-bond donors (Lipinski definition) is 1. The normalized spacial score (nSPS) is 23.3. The number of benzene rings is 1. The summed E-state index contributed by atoms with van der Waals surface area (Å²) in [4.78, 5) is 46.7. The second-order valence-corrected chi connectivity index (χ2v) is 10.4. The summed E-state index contributed by atoms with van der Waals surface area (Å²) in [5, 5.41) is 3.63. The fourth-order valence-electron chi connectivity index (χ4n) is 4.33. The molecule has 0 aliphatic carbocycles. The molecule has 2 aliphatic heterocycles. The fourth-order valence-corrected chi connectivity index (χ4v) is 5.89. The quantitative estimate of drug-likeness (QED) is 0.445. The van der Waals surface area contributed by atoms with Crippen molar-refractivity contribution >= 4 is 53.4 Å². The average Bonchev–Trinajstić information content (AvgIpc) is 2.80. The van der Waals surface area contributed by atoms with Gasteiger partial charge in [-0.25, -0.2) is 4.31 Å². The van der Waals surface area contributed by atoms with E-state index in [4.69, 9.17) is 23.2 Å². The molecule has 1 aromatic carbocycles. The molecule has 3 heterocycles. The predicted octanol–water partition coefficient (Wildman–Crippen LogP) is 2.84. The van der Waals surface area contributed by atoms with Gasteiger partial charge in [0.15, 0.2) is 0 Å². The molecule has 1 N–H and O–H groups in total. The van der Waals surface area contributed by atoms with Crippen molar-refractivity contribution in [2.75, 3.05) is 13.1 Å². The van der Waals surface area contributed by atoms with Crippen LogP contribution < -0.4 is 5.32 Å². The maximum atomic E-state index is 13.6. The zero-order valence-electron chi connectivity index (χ0n) is 18.7. The Bertz CT molecular complexity index is 1070. The molecule has 8 nitrogen and oxygen atoms in total. The van der Waals surface area contributed by atoms with Crippen LogP contribution in [0.2, 0.25) is 10.0 Å². The zero-order valence-corrected chi connectivity index (χ0v) is 21.1. The topological polar surface area (TPSA) is 85.8 Å². The van der Waals surface area contributed by atoms with Crippen LogP contribution in [0.4, 0.5) is 0 Å². The summed E-state index contributed by atoms with van der Waals surface area (Å²) in [5.74, 6) is -0.397. The monoisotopic (exact) mass is 521 g/mol. The van der Waals surface area contributed by atoms with Crippen molar-refractivity contribution in [1.82, 2.24) is 24.4 Å². The van der Waals surface area contributed by atoms with Crippen molar-refractivity contribution in [2.24, 2.45) is 0 Å². The Labute approximate surface area is 212 Å². The van der Waals surface area contributed by atoms with Crippen LogP contribution in [0.25, 0.3) is 0 Å². The number of carbonyl (C=O) groups excluding carboxylic acids is 3. The summed E-state index contributed by atoms with van der Waals surface area (Å²) in [6, 6.07) is 7.37. The lowest BCUT2D eigenvalue weighted by Crippen LogP contribution is -2.74. The van der Waals surface area contributed by atoms with Crippen LogP contribution in [0.1, 0.15) is 19.4 Å². The highest BCUT2D eigenvalue weighted by atomic mass is 35.5. The van der Waals surface area contributed by atoms with Crippen molar-refractivity contribution in [2.45, 2.75) is 49.5 Å². The van der Waals surface area contributed by atoms with Gasteiger partial charge in [-0.2, -0.15) is 0 Å². The SMILES string of the molecule is CC(C)N1CC2N(Sc3ccc(Cl)cc3Cl)CC(NC=O)C(=O)N2C(Cc2cccnc2)C1=O. The molecule has 34 heavy (non-hydrogen) atoms. The summed E-state index contributed by atoms with van der Waals surface area (Å²) < 4.78 is 2.01. The Kier molecular flexibility index (Phi) is 7.67. The maximum Gasteiger partial charge on any atom is 0.248 e. The number of nitrogens with zero attached hydrogens (tertiary/aromatic N) is 4. The summed E-state index contributed by atoms with van der Waals surface area (Å²) in [5.41, 5.74) is 0.850. The number of nitrogens with one attached hydrogen (secondary N) is 1. The predicted molar refractivity (Wildman–Crippen MR) is 131 cm³/mol. The maximum absolute atomic E-state index is 13.6. The number of carbonyl (C=O) groups is 3. The molecular formula is C23H25Cl2N5O3S. The Balaban J connectivity index is 1.73. The van der Waals surface area contributed by atoms with Crippen LogP contribution in [-0.4, -0.2) is 74.7 Å². The van der Waals surface area contributed by atoms with Gasteiger partial charge in [-0.05, 0) is 55.6 Å². The number of halogens is 2. The summed E-state index contributed by atoms with van der Waals surface area (Å²) in [6.45, 7) is 4.53. The third-order valence-electron chi connectivity index (χ3n) is 5.99. The van der Waals surface area contributed by atoms with Gasteiger partial charge in [0.05, 0.1) is 11.6 Å². The van der Waals surface area contributed by atoms with Gasteiger partial charge >= 0.3 is 0 Å². The number of amides is 3. The Hall–Kier alpha value is -2.33. The van der Waals surface area contributed by atoms with E-state index < -0.39 is 18.2 Å². The second kappa shape index (κ2) is 10.5. The molecule has 2 aliphatic rings. The molecule has 3 unspecified atom stereocenters. The van der Waals surface area contributed by atoms with Gasteiger partial charge in [0.2, 0.25) is 18.2 Å². The van der Waals surface area contributed by atoms with Gasteiger partial charge in [-0.15, -0.1) is 0 Å². The molecule has 2 saturated heterocycles. The molecule has 3 atom stereocenters. The smallest absolute Gasteiger partial charge is 0.248 e. The second-order valence-electron chi connectivity index (χ2n) is 8.49. The molecule has 1 aromatic heterocycles. The van der Waals surface area contributed by atoms with Crippen molar-refractivity contribution in [3.05, 3.63) is 58.3 Å². The van der Waals surface area contributed by atoms with Gasteiger partial charge < -0.3 is 15.1 Å². The molecule has 180 valence electrons. The van der Waals surface area contributed by atoms with Crippen molar-refractivity contribution in [3.63, 3.8) is 0 Å². The number of aromatic nitrogens is 1. The van der Waals surface area contributed by atoms with Crippen LogP contribution in [0.3, 0.4) is 0 Å². The largest absolute Gasteiger partial charge is 0.346 e. The lowest BCUT2D eigenvalue weighted by Gasteiger charge is -2.54. The first-order valence-corrected chi connectivity index (χ1v) is 12.4. The Morgan fingerprint density at radius 2 is 2.00 bits per heavy atom. The first kappa shape index (κ1) is 24.8. The van der Waals surface area contributed by atoms with E-state index in [9.17, 15) is 14.4 Å². The van der Waals surface area contributed by atoms with E-state index in [1.54, 1.807) is 40.4 Å². The van der Waals surface area contributed by atoms with Gasteiger partial charge in [-0.3, -0.25) is 19.4 Å². The van der Waals surface area contributed by atoms with Gasteiger partial charge in [0, 0.05) is 41.3 Å². The molecule has 0 radical (unpaired) electrons. The lowest BCUT2D eigenvalue weighted by molar-refractivity contribution is -0.168. The van der Waals surface area contributed by atoms with Crippen molar-refractivity contribution < 1.29 is 14.4 Å². The van der Waals surface area contributed by atoms with Crippen LogP contribution in [0.15, 0.2) is 47.6 Å². The summed E-state index contributed by atoms with van der Waals surface area (Å²) in [7, 11) is 0. The van der Waals surface area contributed by atoms with Gasteiger partial charge in [-0.1, -0.05) is 29.3 Å². The molecule has 0 saturated carbocycles. The van der Waals surface area contributed by atoms with Crippen molar-refractivity contribution in [3.8, 4) is 0 Å². The Morgan fingerprint density at radius 1 is 1.21 bits per heavy atom. The molecular weight excluding hydrogens is 497 g/mol. The Morgan fingerprint density at radius 3 is 2.65 bits per heavy atom. The van der Waals surface area contributed by atoms with E-state index in [-0.39, 0.29) is 24.4 Å². The molecule has 0 spiro atoms. The molecule has 2 aromatic rings. The summed E-state index contributed by atoms with van der Waals surface area (Å²) in [6.07, 6.45) is 3.80. The van der Waals surface area contributed by atoms with E-state index in [1.807, 2.05) is 30.3 Å². The summed E-state index contributed by atoms with van der Waals surface area (Å²) >= 11 is 13.9. The minimum absolute atomic E-state index is 0.0436. The lowest BCUT2D eigenvalue weighted by atomic mass is 9.97. The van der Waals surface area contributed by atoms with E-state index in [1.165, 1.54) is 11.9 Å².